The third-order valence-corrected chi connectivity index (χ3v) is 10.7. The Bertz CT molecular complexity index is 3280. The summed E-state index contributed by atoms with van der Waals surface area (Å²) in [7, 11) is 0. The van der Waals surface area contributed by atoms with Gasteiger partial charge >= 0.3 is 0 Å². The maximum absolute atomic E-state index is 6.15. The van der Waals surface area contributed by atoms with Gasteiger partial charge in [0.1, 0.15) is 11.2 Å². The monoisotopic (exact) mass is 701 g/mol. The van der Waals surface area contributed by atoms with E-state index in [9.17, 15) is 0 Å². The van der Waals surface area contributed by atoms with Gasteiger partial charge in [0.25, 0.3) is 0 Å². The highest BCUT2D eigenvalue weighted by atomic mass is 16.3. The zero-order chi connectivity index (χ0) is 36.3. The first-order valence-corrected chi connectivity index (χ1v) is 18.5. The van der Waals surface area contributed by atoms with E-state index >= 15 is 0 Å². The normalized spacial score (nSPS) is 11.6. The Balaban J connectivity index is 1.06. The number of fused-ring (bicyclic) bond motifs is 6. The van der Waals surface area contributed by atoms with Gasteiger partial charge in [-0.15, -0.1) is 0 Å². The van der Waals surface area contributed by atoms with Crippen LogP contribution in [0.1, 0.15) is 0 Å². The first-order valence-electron chi connectivity index (χ1n) is 18.5. The standard InChI is InChI=1S/C51H31N3O/c1-2-12-35-28-39(25-22-32(35)10-1)50-52-49(53-51(54-50)40-26-27-48-46(31-40)44-18-5-6-21-47(44)55-48)38-16-7-15-36(29-38)37-24-23-34-14-9-20-43(45(34)30-37)42-19-8-13-33-11-3-4-17-41(33)42/h1-31H. The summed E-state index contributed by atoms with van der Waals surface area (Å²) in [6.07, 6.45) is 0. The number of aromatic nitrogens is 3. The quantitative estimate of drug-likeness (QED) is 0.179. The molecule has 55 heavy (non-hydrogen) atoms. The van der Waals surface area contributed by atoms with Gasteiger partial charge in [0, 0.05) is 27.5 Å². The van der Waals surface area contributed by atoms with Gasteiger partial charge in [-0.3, -0.25) is 0 Å². The lowest BCUT2D eigenvalue weighted by Gasteiger charge is -2.13. The Kier molecular flexibility index (Phi) is 7.14. The van der Waals surface area contributed by atoms with Crippen molar-refractivity contribution in [1.82, 2.24) is 15.0 Å². The van der Waals surface area contributed by atoms with Crippen molar-refractivity contribution in [2.75, 3.05) is 0 Å². The van der Waals surface area contributed by atoms with Crippen molar-refractivity contribution in [3.05, 3.63) is 188 Å². The van der Waals surface area contributed by atoms with Gasteiger partial charge in [-0.2, -0.15) is 0 Å². The SMILES string of the molecule is c1cc(-c2ccc3cccc(-c4cccc5ccccc45)c3c2)cc(-c2nc(-c3ccc4ccccc4c3)nc(-c3ccc4oc5ccccc5c4c3)n2)c1. The van der Waals surface area contributed by atoms with Crippen LogP contribution in [-0.4, -0.2) is 15.0 Å². The van der Waals surface area contributed by atoms with Crippen LogP contribution in [0.3, 0.4) is 0 Å². The molecule has 0 spiro atoms. The minimum absolute atomic E-state index is 0.608. The van der Waals surface area contributed by atoms with Crippen molar-refractivity contribution in [3.63, 3.8) is 0 Å². The Hall–Kier alpha value is -7.43. The fourth-order valence-corrected chi connectivity index (χ4v) is 7.94. The van der Waals surface area contributed by atoms with E-state index in [1.54, 1.807) is 0 Å². The molecule has 4 nitrogen and oxygen atoms in total. The molecule has 11 aromatic rings. The highest BCUT2D eigenvalue weighted by Crippen LogP contribution is 2.37. The summed E-state index contributed by atoms with van der Waals surface area (Å²) < 4.78 is 6.15. The lowest BCUT2D eigenvalue weighted by atomic mass is 9.92. The van der Waals surface area contributed by atoms with Gasteiger partial charge < -0.3 is 4.42 Å². The zero-order valence-electron chi connectivity index (χ0n) is 29.6. The summed E-state index contributed by atoms with van der Waals surface area (Å²) in [5.41, 5.74) is 9.11. The predicted molar refractivity (Wildman–Crippen MR) is 227 cm³/mol. The van der Waals surface area contributed by atoms with Crippen LogP contribution in [0.2, 0.25) is 0 Å². The maximum Gasteiger partial charge on any atom is 0.164 e. The van der Waals surface area contributed by atoms with Crippen molar-refractivity contribution >= 4 is 54.3 Å². The van der Waals surface area contributed by atoms with Crippen LogP contribution < -0.4 is 0 Å². The van der Waals surface area contributed by atoms with Crippen LogP contribution in [0.4, 0.5) is 0 Å². The maximum atomic E-state index is 6.15. The van der Waals surface area contributed by atoms with E-state index < -0.39 is 0 Å². The molecular weight excluding hydrogens is 671 g/mol. The molecule has 0 saturated heterocycles. The molecule has 11 rings (SSSR count). The van der Waals surface area contributed by atoms with Gasteiger partial charge in [-0.1, -0.05) is 146 Å². The van der Waals surface area contributed by atoms with Crippen LogP contribution in [0.5, 0.6) is 0 Å². The molecule has 2 aromatic heterocycles. The molecule has 0 bridgehead atoms. The fraction of sp³-hybridized carbons (Fsp3) is 0. The van der Waals surface area contributed by atoms with E-state index in [0.29, 0.717) is 17.5 Å². The van der Waals surface area contributed by atoms with E-state index in [2.05, 4.69) is 158 Å². The number of hydrogen-bond donors (Lipinski definition) is 0. The third kappa shape index (κ3) is 5.43. The lowest BCUT2D eigenvalue weighted by Crippen LogP contribution is -2.00. The first-order chi connectivity index (χ1) is 27.2. The van der Waals surface area contributed by atoms with Crippen molar-refractivity contribution in [2.45, 2.75) is 0 Å². The van der Waals surface area contributed by atoms with Gasteiger partial charge in [-0.05, 0) is 97.0 Å². The van der Waals surface area contributed by atoms with E-state index in [1.807, 2.05) is 30.3 Å². The Morgan fingerprint density at radius 1 is 0.273 bits per heavy atom. The van der Waals surface area contributed by atoms with Crippen molar-refractivity contribution < 1.29 is 4.42 Å². The van der Waals surface area contributed by atoms with E-state index in [-0.39, 0.29) is 0 Å². The van der Waals surface area contributed by atoms with Gasteiger partial charge in [0.2, 0.25) is 0 Å². The van der Waals surface area contributed by atoms with Gasteiger partial charge in [-0.25, -0.2) is 15.0 Å². The van der Waals surface area contributed by atoms with Crippen LogP contribution >= 0.6 is 0 Å². The molecule has 0 fully saturated rings. The predicted octanol–water partition coefficient (Wildman–Crippen LogP) is 13.6. The van der Waals surface area contributed by atoms with Gasteiger partial charge in [0.05, 0.1) is 0 Å². The molecule has 0 unspecified atom stereocenters. The second-order valence-electron chi connectivity index (χ2n) is 14.0. The molecule has 9 aromatic carbocycles. The topological polar surface area (TPSA) is 51.8 Å². The van der Waals surface area contributed by atoms with Crippen LogP contribution in [0, 0.1) is 0 Å². The van der Waals surface area contributed by atoms with E-state index in [0.717, 1.165) is 55.1 Å². The average molecular weight is 702 g/mol. The molecular formula is C51H31N3O. The second-order valence-corrected chi connectivity index (χ2v) is 14.0. The summed E-state index contributed by atoms with van der Waals surface area (Å²) in [4.78, 5) is 15.4. The number of rotatable bonds is 5. The Labute approximate surface area is 317 Å². The minimum Gasteiger partial charge on any atom is -0.456 e. The summed E-state index contributed by atoms with van der Waals surface area (Å²) in [6.45, 7) is 0. The molecule has 4 heteroatoms. The summed E-state index contributed by atoms with van der Waals surface area (Å²) in [5.74, 6) is 1.85. The number of nitrogens with zero attached hydrogens (tertiary/aromatic N) is 3. The number of hydrogen-bond acceptors (Lipinski definition) is 4. The molecule has 0 aliphatic rings. The number of benzene rings is 9. The molecule has 0 aliphatic heterocycles. The lowest BCUT2D eigenvalue weighted by molar-refractivity contribution is 0.669. The largest absolute Gasteiger partial charge is 0.456 e. The molecule has 0 amide bonds. The fourth-order valence-electron chi connectivity index (χ4n) is 7.94. The second kappa shape index (κ2) is 12.6. The molecule has 0 radical (unpaired) electrons. The molecule has 0 aliphatic carbocycles. The molecule has 0 N–H and O–H groups in total. The zero-order valence-corrected chi connectivity index (χ0v) is 29.6. The average Bonchev–Trinajstić information content (AvgIpc) is 3.63. The van der Waals surface area contributed by atoms with E-state index in [4.69, 9.17) is 19.4 Å². The summed E-state index contributed by atoms with van der Waals surface area (Å²) in [5, 5.41) is 9.30. The molecule has 256 valence electrons. The first kappa shape index (κ1) is 31.1. The van der Waals surface area contributed by atoms with E-state index in [1.165, 1.54) is 38.1 Å². The highest BCUT2D eigenvalue weighted by Gasteiger charge is 2.16. The highest BCUT2D eigenvalue weighted by molar-refractivity contribution is 6.07. The van der Waals surface area contributed by atoms with Crippen molar-refractivity contribution in [2.24, 2.45) is 0 Å². The Morgan fingerprint density at radius 3 is 1.58 bits per heavy atom. The minimum atomic E-state index is 0.608. The van der Waals surface area contributed by atoms with Gasteiger partial charge in [0.15, 0.2) is 17.5 Å². The van der Waals surface area contributed by atoms with Crippen molar-refractivity contribution in [1.29, 1.82) is 0 Å². The molecule has 2 heterocycles. The Morgan fingerprint density at radius 2 is 0.764 bits per heavy atom. The van der Waals surface area contributed by atoms with Crippen molar-refractivity contribution in [3.8, 4) is 56.4 Å². The smallest absolute Gasteiger partial charge is 0.164 e. The molecule has 0 atom stereocenters. The number of para-hydroxylation sites is 1. The summed E-state index contributed by atoms with van der Waals surface area (Å²) >= 11 is 0. The molecule has 0 saturated carbocycles. The van der Waals surface area contributed by atoms with Crippen LogP contribution in [-0.2, 0) is 0 Å². The van der Waals surface area contributed by atoms with Crippen LogP contribution in [0.25, 0.3) is 111 Å². The summed E-state index contributed by atoms with van der Waals surface area (Å²) in [6, 6.07) is 66.0. The number of furan rings is 1. The third-order valence-electron chi connectivity index (χ3n) is 10.7. The van der Waals surface area contributed by atoms with Crippen LogP contribution in [0.15, 0.2) is 192 Å².